The minimum absolute atomic E-state index is 0.234. The number of quaternary nitrogens is 1. The topological polar surface area (TPSA) is 71.9 Å². The number of benzene rings is 2. The van der Waals surface area contributed by atoms with Crippen LogP contribution in [-0.4, -0.2) is 57.5 Å². The van der Waals surface area contributed by atoms with Gasteiger partial charge in [0.25, 0.3) is 11.8 Å². The van der Waals surface area contributed by atoms with Gasteiger partial charge in [0.1, 0.15) is 18.8 Å². The van der Waals surface area contributed by atoms with Crippen molar-refractivity contribution < 1.29 is 19.2 Å². The molecule has 30 heavy (non-hydrogen) atoms. The van der Waals surface area contributed by atoms with Gasteiger partial charge in [-0.25, -0.2) is 0 Å². The number of hydrogen-bond acceptors (Lipinski definition) is 4. The van der Waals surface area contributed by atoms with E-state index in [9.17, 15) is 9.59 Å². The van der Waals surface area contributed by atoms with Crippen LogP contribution in [0.2, 0.25) is 0 Å². The fourth-order valence-corrected chi connectivity index (χ4v) is 3.58. The van der Waals surface area contributed by atoms with E-state index in [0.29, 0.717) is 12.1 Å². The summed E-state index contributed by atoms with van der Waals surface area (Å²) in [7, 11) is 0. The van der Waals surface area contributed by atoms with Gasteiger partial charge in [0.05, 0.1) is 26.3 Å². The first kappa shape index (κ1) is 22.1. The molecule has 1 aliphatic heterocycles. The molecule has 7 heteroatoms. The summed E-state index contributed by atoms with van der Waals surface area (Å²) in [6.45, 7) is 4.78. The monoisotopic (exact) mass is 426 g/mol. The second-order valence-corrected chi connectivity index (χ2v) is 7.90. The van der Waals surface area contributed by atoms with Crippen molar-refractivity contribution in [3.8, 4) is 0 Å². The Balaban J connectivity index is 1.69. The van der Waals surface area contributed by atoms with E-state index in [-0.39, 0.29) is 17.5 Å². The van der Waals surface area contributed by atoms with Crippen LogP contribution in [0.1, 0.15) is 15.9 Å². The number of ether oxygens (including phenoxy) is 1. The molecule has 2 amide bonds. The average molecular weight is 427 g/mol. The zero-order chi connectivity index (χ0) is 21.2. The van der Waals surface area contributed by atoms with Crippen LogP contribution in [-0.2, 0) is 9.53 Å². The number of rotatable bonds is 8. The lowest BCUT2D eigenvalue weighted by Crippen LogP contribution is -3.14. The van der Waals surface area contributed by atoms with Crippen molar-refractivity contribution in [2.75, 3.05) is 45.6 Å². The molecule has 0 atom stereocenters. The Hall–Kier alpha value is -2.61. The van der Waals surface area contributed by atoms with E-state index in [0.717, 1.165) is 43.3 Å². The lowest BCUT2D eigenvalue weighted by Gasteiger charge is -2.23. The third-order valence-corrected chi connectivity index (χ3v) is 5.66. The molecule has 0 saturated carbocycles. The summed E-state index contributed by atoms with van der Waals surface area (Å²) >= 11 is 1.65. The van der Waals surface area contributed by atoms with Gasteiger partial charge in [0, 0.05) is 10.5 Å². The molecule has 2 aromatic rings. The maximum Gasteiger partial charge on any atom is 0.268 e. The van der Waals surface area contributed by atoms with Gasteiger partial charge in [-0.15, -0.1) is 11.8 Å². The highest BCUT2D eigenvalue weighted by atomic mass is 32.2. The maximum absolute atomic E-state index is 12.8. The fraction of sp³-hybridized carbons (Fsp3) is 0.304. The molecule has 0 bridgehead atoms. The minimum atomic E-state index is -0.309. The Bertz CT molecular complexity index is 863. The second-order valence-electron chi connectivity index (χ2n) is 7.02. The molecule has 1 heterocycles. The smallest absolute Gasteiger partial charge is 0.268 e. The van der Waals surface area contributed by atoms with Crippen molar-refractivity contribution in [2.24, 2.45) is 0 Å². The summed E-state index contributed by atoms with van der Waals surface area (Å²) in [5.41, 5.74) is 1.59. The molecule has 0 aliphatic carbocycles. The van der Waals surface area contributed by atoms with Crippen LogP contribution >= 0.6 is 11.8 Å². The highest BCUT2D eigenvalue weighted by molar-refractivity contribution is 7.98. The first-order chi connectivity index (χ1) is 14.7. The van der Waals surface area contributed by atoms with E-state index >= 15 is 0 Å². The van der Waals surface area contributed by atoms with Crippen LogP contribution in [0.15, 0.2) is 65.2 Å². The summed E-state index contributed by atoms with van der Waals surface area (Å²) in [5.74, 6) is -0.600. The fourth-order valence-electron chi connectivity index (χ4n) is 3.17. The van der Waals surface area contributed by atoms with Crippen molar-refractivity contribution in [3.63, 3.8) is 0 Å². The van der Waals surface area contributed by atoms with E-state index in [2.05, 4.69) is 10.6 Å². The molecular formula is C23H28N3O3S+. The second kappa shape index (κ2) is 11.5. The Kier molecular flexibility index (Phi) is 8.50. The zero-order valence-corrected chi connectivity index (χ0v) is 18.0. The SMILES string of the molecule is CSc1ccc(/C=C(\NC(=O)c2ccccc2)C(=O)NCC[NH+]2CCOCC2)cc1. The van der Waals surface area contributed by atoms with Gasteiger partial charge in [0.15, 0.2) is 0 Å². The number of thioether (sulfide) groups is 1. The summed E-state index contributed by atoms with van der Waals surface area (Å²) in [4.78, 5) is 28.0. The number of hydrogen-bond donors (Lipinski definition) is 3. The maximum atomic E-state index is 12.8. The third-order valence-electron chi connectivity index (χ3n) is 4.92. The van der Waals surface area contributed by atoms with Crippen molar-refractivity contribution in [3.05, 3.63) is 71.4 Å². The third kappa shape index (κ3) is 6.73. The molecule has 3 rings (SSSR count). The molecule has 1 fully saturated rings. The molecule has 1 saturated heterocycles. The van der Waals surface area contributed by atoms with Gasteiger partial charge in [-0.05, 0) is 42.2 Å². The van der Waals surface area contributed by atoms with E-state index in [4.69, 9.17) is 4.74 Å². The Morgan fingerprint density at radius 1 is 1.07 bits per heavy atom. The number of nitrogens with one attached hydrogen (secondary N) is 3. The minimum Gasteiger partial charge on any atom is -0.370 e. The number of amides is 2. The van der Waals surface area contributed by atoms with Crippen molar-refractivity contribution in [1.82, 2.24) is 10.6 Å². The van der Waals surface area contributed by atoms with E-state index < -0.39 is 0 Å². The summed E-state index contributed by atoms with van der Waals surface area (Å²) < 4.78 is 5.37. The van der Waals surface area contributed by atoms with Crippen LogP contribution in [0.5, 0.6) is 0 Å². The van der Waals surface area contributed by atoms with Crippen LogP contribution < -0.4 is 15.5 Å². The van der Waals surface area contributed by atoms with Gasteiger partial charge in [-0.3, -0.25) is 9.59 Å². The Labute approximate surface area is 181 Å². The van der Waals surface area contributed by atoms with Crippen LogP contribution in [0.3, 0.4) is 0 Å². The lowest BCUT2D eigenvalue weighted by molar-refractivity contribution is -0.906. The largest absolute Gasteiger partial charge is 0.370 e. The first-order valence-electron chi connectivity index (χ1n) is 10.1. The van der Waals surface area contributed by atoms with Crippen molar-refractivity contribution in [2.45, 2.75) is 4.90 Å². The summed E-state index contributed by atoms with van der Waals surface area (Å²) in [6, 6.07) is 16.7. The molecular weight excluding hydrogens is 398 g/mol. The molecule has 1 aliphatic rings. The van der Waals surface area contributed by atoms with Crippen molar-refractivity contribution >= 4 is 29.7 Å². The van der Waals surface area contributed by atoms with Gasteiger partial charge in [-0.1, -0.05) is 30.3 Å². The molecule has 0 aromatic heterocycles. The lowest BCUT2D eigenvalue weighted by atomic mass is 10.1. The average Bonchev–Trinajstić information content (AvgIpc) is 2.80. The molecule has 2 aromatic carbocycles. The Morgan fingerprint density at radius 2 is 1.77 bits per heavy atom. The standard InChI is InChI=1S/C23H27N3O3S/c1-30-20-9-7-18(8-10-20)17-21(25-22(27)19-5-3-2-4-6-19)23(28)24-11-12-26-13-15-29-16-14-26/h2-10,17H,11-16H2,1H3,(H,24,28)(H,25,27)/p+1/b21-17-. The van der Waals surface area contributed by atoms with Crippen LogP contribution in [0, 0.1) is 0 Å². The van der Waals surface area contributed by atoms with Gasteiger partial charge >= 0.3 is 0 Å². The summed E-state index contributed by atoms with van der Waals surface area (Å²) in [6.07, 6.45) is 3.72. The molecule has 0 radical (unpaired) electrons. The molecule has 158 valence electrons. The van der Waals surface area contributed by atoms with Crippen LogP contribution in [0.25, 0.3) is 6.08 Å². The van der Waals surface area contributed by atoms with Crippen molar-refractivity contribution in [1.29, 1.82) is 0 Å². The van der Waals surface area contributed by atoms with Gasteiger partial charge < -0.3 is 20.3 Å². The van der Waals surface area contributed by atoms with Crippen LogP contribution in [0.4, 0.5) is 0 Å². The van der Waals surface area contributed by atoms with Gasteiger partial charge in [0.2, 0.25) is 0 Å². The highest BCUT2D eigenvalue weighted by Gasteiger charge is 2.17. The molecule has 0 spiro atoms. The van der Waals surface area contributed by atoms with E-state index in [1.54, 1.807) is 42.1 Å². The highest BCUT2D eigenvalue weighted by Crippen LogP contribution is 2.16. The van der Waals surface area contributed by atoms with Gasteiger partial charge in [-0.2, -0.15) is 0 Å². The normalized spacial score (nSPS) is 14.9. The number of carbonyl (C=O) groups is 2. The first-order valence-corrected chi connectivity index (χ1v) is 11.3. The number of morpholine rings is 1. The van der Waals surface area contributed by atoms with E-state index in [1.165, 1.54) is 4.90 Å². The quantitative estimate of drug-likeness (QED) is 0.438. The zero-order valence-electron chi connectivity index (χ0n) is 17.1. The predicted octanol–water partition coefficient (Wildman–Crippen LogP) is 1.21. The van der Waals surface area contributed by atoms with E-state index in [1.807, 2.05) is 36.6 Å². The molecule has 6 nitrogen and oxygen atoms in total. The predicted molar refractivity (Wildman–Crippen MR) is 120 cm³/mol. The Morgan fingerprint density at radius 3 is 2.43 bits per heavy atom. The number of carbonyl (C=O) groups excluding carboxylic acids is 2. The molecule has 0 unspecified atom stereocenters. The summed E-state index contributed by atoms with van der Waals surface area (Å²) in [5, 5.41) is 5.72. The molecule has 3 N–H and O–H groups in total.